The lowest BCUT2D eigenvalue weighted by Crippen LogP contribution is -2.37. The van der Waals surface area contributed by atoms with Crippen molar-refractivity contribution in [3.63, 3.8) is 0 Å². The predicted octanol–water partition coefficient (Wildman–Crippen LogP) is 3.94. The number of hydrogen-bond donors (Lipinski definition) is 0. The summed E-state index contributed by atoms with van der Waals surface area (Å²) < 4.78 is 17.0. The first-order valence-electron chi connectivity index (χ1n) is 8.22. The van der Waals surface area contributed by atoms with Gasteiger partial charge in [-0.1, -0.05) is 24.3 Å². The highest BCUT2D eigenvalue weighted by atomic mass is 16.5. The average Bonchev–Trinajstić information content (AvgIpc) is 2.66. The topological polar surface area (TPSA) is 30.9 Å². The molecule has 1 fully saturated rings. The molecule has 2 aliphatic rings. The molecule has 0 N–H and O–H groups in total. The molecule has 2 aliphatic heterocycles. The van der Waals surface area contributed by atoms with Gasteiger partial charge in [0.25, 0.3) is 0 Å². The Morgan fingerprint density at radius 2 is 1.79 bits per heavy atom. The van der Waals surface area contributed by atoms with Crippen LogP contribution in [0.15, 0.2) is 42.5 Å². The summed E-state index contributed by atoms with van der Waals surface area (Å²) in [7, 11) is 3.35. The van der Waals surface area contributed by atoms with Crippen LogP contribution in [0.4, 0.5) is 0 Å². The van der Waals surface area contributed by atoms with Crippen molar-refractivity contribution in [3.8, 4) is 11.5 Å². The summed E-state index contributed by atoms with van der Waals surface area (Å²) in [5.41, 5.74) is 4.67. The zero-order valence-electron chi connectivity index (χ0n) is 14.0. The van der Waals surface area contributed by atoms with Crippen molar-refractivity contribution in [1.29, 1.82) is 0 Å². The molecule has 4 nitrogen and oxygen atoms in total. The first-order valence-corrected chi connectivity index (χ1v) is 8.22. The molecule has 1 saturated heterocycles. The summed E-state index contributed by atoms with van der Waals surface area (Å²) in [4.78, 5) is 2.33. The average molecular weight is 323 g/mol. The fraction of sp³-hybridized carbons (Fsp3) is 0.300. The zero-order valence-corrected chi connectivity index (χ0v) is 14.0. The Kier molecular flexibility index (Phi) is 3.90. The van der Waals surface area contributed by atoms with Gasteiger partial charge in [-0.15, -0.1) is 0 Å². The second kappa shape index (κ2) is 6.21. The number of hydrogen-bond acceptors (Lipinski definition) is 4. The van der Waals surface area contributed by atoms with E-state index in [0.29, 0.717) is 0 Å². The van der Waals surface area contributed by atoms with Crippen LogP contribution in [0, 0.1) is 0 Å². The van der Waals surface area contributed by atoms with Gasteiger partial charge in [-0.3, -0.25) is 0 Å². The quantitative estimate of drug-likeness (QED) is 0.856. The monoisotopic (exact) mass is 323 g/mol. The Labute approximate surface area is 142 Å². The minimum atomic E-state index is -0.0212. The number of methoxy groups -OCH3 is 2. The van der Waals surface area contributed by atoms with E-state index in [0.717, 1.165) is 42.3 Å². The molecule has 4 rings (SSSR count). The van der Waals surface area contributed by atoms with Crippen LogP contribution in [0.5, 0.6) is 11.5 Å². The Morgan fingerprint density at radius 3 is 2.54 bits per heavy atom. The van der Waals surface area contributed by atoms with Crippen LogP contribution in [-0.2, 0) is 4.74 Å². The van der Waals surface area contributed by atoms with Crippen LogP contribution in [0.3, 0.4) is 0 Å². The maximum absolute atomic E-state index is 6.10. The predicted molar refractivity (Wildman–Crippen MR) is 93.9 cm³/mol. The highest BCUT2D eigenvalue weighted by Crippen LogP contribution is 2.42. The van der Waals surface area contributed by atoms with E-state index in [9.17, 15) is 0 Å². The Balaban J connectivity index is 1.86. The molecular weight excluding hydrogens is 302 g/mol. The van der Waals surface area contributed by atoms with Crippen LogP contribution in [0.25, 0.3) is 11.8 Å². The van der Waals surface area contributed by atoms with Gasteiger partial charge in [0.1, 0.15) is 11.5 Å². The zero-order chi connectivity index (χ0) is 16.5. The molecule has 124 valence electrons. The normalized spacial score (nSPS) is 19.2. The Hall–Kier alpha value is -2.46. The van der Waals surface area contributed by atoms with Gasteiger partial charge in [-0.25, -0.2) is 0 Å². The molecule has 0 saturated carbocycles. The van der Waals surface area contributed by atoms with Crippen molar-refractivity contribution in [2.24, 2.45) is 0 Å². The van der Waals surface area contributed by atoms with Gasteiger partial charge in [-0.2, -0.15) is 0 Å². The van der Waals surface area contributed by atoms with Gasteiger partial charge in [0, 0.05) is 29.4 Å². The third kappa shape index (κ3) is 2.53. The molecule has 2 aromatic rings. The van der Waals surface area contributed by atoms with Crippen molar-refractivity contribution in [1.82, 2.24) is 4.90 Å². The summed E-state index contributed by atoms with van der Waals surface area (Å²) >= 11 is 0. The van der Waals surface area contributed by atoms with E-state index in [-0.39, 0.29) is 6.23 Å². The van der Waals surface area contributed by atoms with Crippen molar-refractivity contribution in [2.45, 2.75) is 12.6 Å². The lowest BCUT2D eigenvalue weighted by molar-refractivity contribution is -0.0700. The number of fused-ring (bicyclic) bond motifs is 3. The smallest absolute Gasteiger partial charge is 0.157 e. The minimum Gasteiger partial charge on any atom is -0.497 e. The molecule has 4 heteroatoms. The van der Waals surface area contributed by atoms with Gasteiger partial charge in [0.05, 0.1) is 20.8 Å². The van der Waals surface area contributed by atoms with E-state index in [2.05, 4.69) is 35.2 Å². The second-order valence-corrected chi connectivity index (χ2v) is 6.03. The lowest BCUT2D eigenvalue weighted by atomic mass is 9.95. The maximum atomic E-state index is 6.10. The van der Waals surface area contributed by atoms with E-state index in [4.69, 9.17) is 14.2 Å². The molecule has 0 aromatic heterocycles. The van der Waals surface area contributed by atoms with Crippen molar-refractivity contribution >= 4 is 11.8 Å². The van der Waals surface area contributed by atoms with E-state index < -0.39 is 0 Å². The SMILES string of the molecule is COc1cc(OC)cc(C2=Cc3ccccc3C3OCCCN23)c1. The van der Waals surface area contributed by atoms with Gasteiger partial charge in [0.2, 0.25) is 0 Å². The molecule has 2 aromatic carbocycles. The molecule has 0 radical (unpaired) electrons. The van der Waals surface area contributed by atoms with Crippen LogP contribution in [-0.4, -0.2) is 32.3 Å². The van der Waals surface area contributed by atoms with Crippen molar-refractivity contribution in [3.05, 3.63) is 59.2 Å². The molecular formula is C20H21NO3. The summed E-state index contributed by atoms with van der Waals surface area (Å²) in [5.74, 6) is 1.58. The fourth-order valence-electron chi connectivity index (χ4n) is 3.44. The van der Waals surface area contributed by atoms with Crippen LogP contribution in [0.2, 0.25) is 0 Å². The third-order valence-electron chi connectivity index (χ3n) is 4.61. The Bertz CT molecular complexity index is 762. The van der Waals surface area contributed by atoms with Crippen LogP contribution in [0.1, 0.15) is 29.3 Å². The summed E-state index contributed by atoms with van der Waals surface area (Å²) in [6.07, 6.45) is 3.23. The van der Waals surface area contributed by atoms with E-state index in [1.807, 2.05) is 18.2 Å². The number of nitrogens with zero attached hydrogens (tertiary/aromatic N) is 1. The molecule has 0 spiro atoms. The van der Waals surface area contributed by atoms with Gasteiger partial charge < -0.3 is 19.1 Å². The molecule has 0 aliphatic carbocycles. The molecule has 24 heavy (non-hydrogen) atoms. The second-order valence-electron chi connectivity index (χ2n) is 6.03. The molecule has 1 unspecified atom stereocenters. The first kappa shape index (κ1) is 15.1. The van der Waals surface area contributed by atoms with Gasteiger partial charge >= 0.3 is 0 Å². The standard InChI is InChI=1S/C20H21NO3/c1-22-16-10-15(11-17(13-16)23-2)19-12-14-6-3-4-7-18(14)20-21(19)8-5-9-24-20/h3-4,6-7,10-13,20H,5,8-9H2,1-2H3. The van der Waals surface area contributed by atoms with E-state index >= 15 is 0 Å². The lowest BCUT2D eigenvalue weighted by Gasteiger charge is -2.42. The maximum Gasteiger partial charge on any atom is 0.157 e. The summed E-state index contributed by atoms with van der Waals surface area (Å²) in [6, 6.07) is 14.4. The molecule has 0 bridgehead atoms. The Morgan fingerprint density at radius 1 is 1.04 bits per heavy atom. The molecule has 0 amide bonds. The first-order chi connectivity index (χ1) is 11.8. The number of rotatable bonds is 3. The molecule has 1 atom stereocenters. The number of ether oxygens (including phenoxy) is 3. The number of benzene rings is 2. The summed E-state index contributed by atoms with van der Waals surface area (Å²) in [5, 5.41) is 0. The highest BCUT2D eigenvalue weighted by molar-refractivity contribution is 5.84. The highest BCUT2D eigenvalue weighted by Gasteiger charge is 2.32. The largest absolute Gasteiger partial charge is 0.497 e. The van der Waals surface area contributed by atoms with E-state index in [1.165, 1.54) is 11.1 Å². The summed E-state index contributed by atoms with van der Waals surface area (Å²) in [6.45, 7) is 1.77. The molecule has 2 heterocycles. The van der Waals surface area contributed by atoms with Crippen molar-refractivity contribution < 1.29 is 14.2 Å². The fourth-order valence-corrected chi connectivity index (χ4v) is 3.44. The van der Waals surface area contributed by atoms with Gasteiger partial charge in [0.15, 0.2) is 6.23 Å². The van der Waals surface area contributed by atoms with E-state index in [1.54, 1.807) is 14.2 Å². The van der Waals surface area contributed by atoms with Gasteiger partial charge in [-0.05, 0) is 30.2 Å². The van der Waals surface area contributed by atoms with Crippen LogP contribution >= 0.6 is 0 Å². The minimum absolute atomic E-state index is 0.0212. The van der Waals surface area contributed by atoms with Crippen molar-refractivity contribution in [2.75, 3.05) is 27.4 Å². The third-order valence-corrected chi connectivity index (χ3v) is 4.61. The van der Waals surface area contributed by atoms with Crippen LogP contribution < -0.4 is 9.47 Å².